The van der Waals surface area contributed by atoms with Crippen molar-refractivity contribution in [3.63, 3.8) is 0 Å². The maximum atomic E-state index is 12.1. The summed E-state index contributed by atoms with van der Waals surface area (Å²) in [6.45, 7) is 0.558. The number of carbonyl (C=O) groups is 1. The predicted octanol–water partition coefficient (Wildman–Crippen LogP) is 3.88. The Hall–Kier alpha value is -1.14. The fourth-order valence-electron chi connectivity index (χ4n) is 2.56. The van der Waals surface area contributed by atoms with E-state index >= 15 is 0 Å². The van der Waals surface area contributed by atoms with E-state index in [9.17, 15) is 14.9 Å². The van der Waals surface area contributed by atoms with E-state index in [2.05, 4.69) is 21.2 Å². The molecule has 1 fully saturated rings. The Balaban J connectivity index is 1.98. The van der Waals surface area contributed by atoms with Crippen LogP contribution in [0.15, 0.2) is 22.7 Å². The molecule has 1 saturated carbocycles. The molecule has 0 spiro atoms. The molecule has 2 unspecified atom stereocenters. The minimum Gasteiger partial charge on any atom is -0.352 e. The predicted molar refractivity (Wildman–Crippen MR) is 84.7 cm³/mol. The first-order valence-electron chi connectivity index (χ1n) is 6.83. The van der Waals surface area contributed by atoms with Gasteiger partial charge in [0.25, 0.3) is 11.6 Å². The minimum atomic E-state index is -0.513. The van der Waals surface area contributed by atoms with Gasteiger partial charge in [0.1, 0.15) is 0 Å². The normalized spacial score (nSPS) is 21.8. The molecular weight excluding hydrogens is 360 g/mol. The van der Waals surface area contributed by atoms with Crippen LogP contribution in [0.5, 0.6) is 0 Å². The number of alkyl halides is 1. The Kier molecular flexibility index (Phi) is 5.58. The number of non-ortho nitro benzene ring substituents is 1. The van der Waals surface area contributed by atoms with Gasteiger partial charge >= 0.3 is 0 Å². The molecule has 5 nitrogen and oxygen atoms in total. The van der Waals surface area contributed by atoms with Crippen molar-refractivity contribution in [2.75, 3.05) is 6.54 Å². The highest BCUT2D eigenvalue weighted by atomic mass is 79.9. The number of carbonyl (C=O) groups excluding carboxylic acids is 1. The molecule has 1 aliphatic carbocycles. The number of rotatable bonds is 4. The van der Waals surface area contributed by atoms with Gasteiger partial charge in [-0.2, -0.15) is 0 Å². The van der Waals surface area contributed by atoms with Gasteiger partial charge in [-0.25, -0.2) is 0 Å². The first-order chi connectivity index (χ1) is 9.95. The van der Waals surface area contributed by atoms with Crippen LogP contribution in [0, 0.1) is 16.0 Å². The van der Waals surface area contributed by atoms with Crippen LogP contribution in [-0.4, -0.2) is 22.8 Å². The summed E-state index contributed by atoms with van der Waals surface area (Å²) in [7, 11) is 0. The molecule has 0 radical (unpaired) electrons. The van der Waals surface area contributed by atoms with E-state index in [4.69, 9.17) is 11.6 Å². The van der Waals surface area contributed by atoms with Crippen molar-refractivity contribution in [1.29, 1.82) is 0 Å². The van der Waals surface area contributed by atoms with Crippen molar-refractivity contribution in [3.05, 3.63) is 38.3 Å². The molecule has 21 heavy (non-hydrogen) atoms. The van der Waals surface area contributed by atoms with Crippen molar-refractivity contribution in [1.82, 2.24) is 5.32 Å². The lowest BCUT2D eigenvalue weighted by atomic mass is 9.89. The molecule has 1 amide bonds. The van der Waals surface area contributed by atoms with Crippen LogP contribution < -0.4 is 5.32 Å². The molecule has 1 aromatic rings. The molecule has 7 heteroatoms. The summed E-state index contributed by atoms with van der Waals surface area (Å²) < 4.78 is 0.514. The molecule has 0 heterocycles. The molecule has 0 aliphatic heterocycles. The van der Waals surface area contributed by atoms with Gasteiger partial charge < -0.3 is 5.32 Å². The average molecular weight is 376 g/mol. The zero-order valence-electron chi connectivity index (χ0n) is 11.4. The SMILES string of the molecule is O=C(NCC1CCCC(Cl)C1)c1cc(Br)cc([N+](=O)[O-])c1. The largest absolute Gasteiger partial charge is 0.352 e. The highest BCUT2D eigenvalue weighted by Gasteiger charge is 2.21. The first-order valence-corrected chi connectivity index (χ1v) is 8.06. The van der Waals surface area contributed by atoms with E-state index in [0.29, 0.717) is 16.9 Å². The van der Waals surface area contributed by atoms with Crippen LogP contribution >= 0.6 is 27.5 Å². The molecular formula is C14H16BrClN2O3. The topological polar surface area (TPSA) is 72.2 Å². The van der Waals surface area contributed by atoms with Gasteiger partial charge in [-0.1, -0.05) is 22.4 Å². The lowest BCUT2D eigenvalue weighted by Crippen LogP contribution is -2.32. The van der Waals surface area contributed by atoms with Gasteiger partial charge in [-0.15, -0.1) is 11.6 Å². The number of nitro groups is 1. The molecule has 114 valence electrons. The van der Waals surface area contributed by atoms with Crippen LogP contribution in [0.25, 0.3) is 0 Å². The van der Waals surface area contributed by atoms with E-state index in [1.54, 1.807) is 6.07 Å². The summed E-state index contributed by atoms with van der Waals surface area (Å²) in [5.74, 6) is 0.0865. The monoisotopic (exact) mass is 374 g/mol. The number of hydrogen-bond donors (Lipinski definition) is 1. The number of nitrogens with one attached hydrogen (secondary N) is 1. The zero-order valence-corrected chi connectivity index (χ0v) is 13.7. The summed E-state index contributed by atoms with van der Waals surface area (Å²) >= 11 is 9.31. The van der Waals surface area contributed by atoms with Crippen LogP contribution in [0.4, 0.5) is 5.69 Å². The van der Waals surface area contributed by atoms with E-state index in [0.717, 1.165) is 25.7 Å². The minimum absolute atomic E-state index is 0.104. The second-order valence-corrected chi connectivity index (χ2v) is 6.83. The Bertz CT molecular complexity index is 553. The van der Waals surface area contributed by atoms with E-state index in [-0.39, 0.29) is 22.5 Å². The van der Waals surface area contributed by atoms with E-state index in [1.807, 2.05) is 0 Å². The molecule has 0 saturated heterocycles. The molecule has 0 aromatic heterocycles. The first kappa shape index (κ1) is 16.2. The highest BCUT2D eigenvalue weighted by Crippen LogP contribution is 2.27. The number of halogens is 2. The number of nitro benzene ring substituents is 1. The maximum Gasteiger partial charge on any atom is 0.271 e. The number of hydrogen-bond acceptors (Lipinski definition) is 3. The smallest absolute Gasteiger partial charge is 0.271 e. The summed E-state index contributed by atoms with van der Waals surface area (Å²) in [6, 6.07) is 4.23. The van der Waals surface area contributed by atoms with Crippen LogP contribution in [0.3, 0.4) is 0 Å². The van der Waals surface area contributed by atoms with Crippen LogP contribution in [0.1, 0.15) is 36.0 Å². The summed E-state index contributed by atoms with van der Waals surface area (Å²) in [6.07, 6.45) is 4.07. The molecule has 1 N–H and O–H groups in total. The molecule has 2 atom stereocenters. The lowest BCUT2D eigenvalue weighted by Gasteiger charge is -2.25. The second kappa shape index (κ2) is 7.22. The van der Waals surface area contributed by atoms with Gasteiger partial charge in [0.2, 0.25) is 0 Å². The van der Waals surface area contributed by atoms with Crippen LogP contribution in [-0.2, 0) is 0 Å². The zero-order chi connectivity index (χ0) is 15.4. The Labute approximate surface area is 136 Å². The number of nitrogens with zero attached hydrogens (tertiary/aromatic N) is 1. The van der Waals surface area contributed by atoms with Gasteiger partial charge in [-0.3, -0.25) is 14.9 Å². The Morgan fingerprint density at radius 3 is 2.86 bits per heavy atom. The number of benzene rings is 1. The fraction of sp³-hybridized carbons (Fsp3) is 0.500. The summed E-state index contributed by atoms with van der Waals surface area (Å²) in [4.78, 5) is 22.4. The standard InChI is InChI=1S/C14H16BrClN2O3/c15-11-5-10(6-13(7-11)18(20)21)14(19)17-8-9-2-1-3-12(16)4-9/h5-7,9,12H,1-4,8H2,(H,17,19). The van der Waals surface area contributed by atoms with Gasteiger partial charge in [0.15, 0.2) is 0 Å². The fourth-order valence-corrected chi connectivity index (χ4v) is 3.45. The van der Waals surface area contributed by atoms with Gasteiger partial charge in [-0.05, 0) is 31.2 Å². The van der Waals surface area contributed by atoms with Crippen molar-refractivity contribution in [2.45, 2.75) is 31.1 Å². The van der Waals surface area contributed by atoms with Crippen molar-refractivity contribution in [2.24, 2.45) is 5.92 Å². The maximum absolute atomic E-state index is 12.1. The quantitative estimate of drug-likeness (QED) is 0.493. The van der Waals surface area contributed by atoms with Crippen molar-refractivity contribution in [3.8, 4) is 0 Å². The Morgan fingerprint density at radius 2 is 2.19 bits per heavy atom. The van der Waals surface area contributed by atoms with Gasteiger partial charge in [0, 0.05) is 34.1 Å². The molecule has 1 aliphatic rings. The average Bonchev–Trinajstić information content (AvgIpc) is 2.44. The van der Waals surface area contributed by atoms with E-state index < -0.39 is 4.92 Å². The van der Waals surface area contributed by atoms with E-state index in [1.165, 1.54) is 12.1 Å². The Morgan fingerprint density at radius 1 is 1.43 bits per heavy atom. The third-order valence-corrected chi connectivity index (χ3v) is 4.48. The van der Waals surface area contributed by atoms with Gasteiger partial charge in [0.05, 0.1) is 4.92 Å². The highest BCUT2D eigenvalue weighted by molar-refractivity contribution is 9.10. The number of amides is 1. The third kappa shape index (κ3) is 4.68. The van der Waals surface area contributed by atoms with Crippen molar-refractivity contribution >= 4 is 39.1 Å². The second-order valence-electron chi connectivity index (χ2n) is 5.30. The molecule has 1 aromatic carbocycles. The van der Waals surface area contributed by atoms with Crippen molar-refractivity contribution < 1.29 is 9.72 Å². The summed E-state index contributed by atoms with van der Waals surface area (Å²) in [5, 5.41) is 13.8. The molecule has 2 rings (SSSR count). The lowest BCUT2D eigenvalue weighted by molar-refractivity contribution is -0.385. The third-order valence-electron chi connectivity index (χ3n) is 3.63. The molecule has 0 bridgehead atoms. The van der Waals surface area contributed by atoms with Crippen LogP contribution in [0.2, 0.25) is 0 Å². The summed E-state index contributed by atoms with van der Waals surface area (Å²) in [5.41, 5.74) is 0.183.